The number of hydrogen-bond acceptors (Lipinski definition) is 1. The minimum absolute atomic E-state index is 0.366. The molecule has 0 saturated carbocycles. The van der Waals surface area contributed by atoms with Crippen LogP contribution in [-0.4, -0.2) is 15.8 Å². The molecule has 2 nitrogen and oxygen atoms in total. The van der Waals surface area contributed by atoms with Crippen molar-refractivity contribution in [2.75, 3.05) is 0 Å². The van der Waals surface area contributed by atoms with Crippen LogP contribution < -0.4 is 0 Å². The smallest absolute Gasteiger partial charge is 0.0696 e. The average Bonchev–Trinajstić information content (AvgIpc) is 2.50. The topological polar surface area (TPSA) is 25.2 Å². The van der Waals surface area contributed by atoms with E-state index < -0.39 is 0 Å². The molecule has 0 spiro atoms. The number of hydrogen-bond donors (Lipinski definition) is 1. The zero-order valence-electron chi connectivity index (χ0n) is 8.27. The Morgan fingerprint density at radius 1 is 1.62 bits per heavy atom. The lowest BCUT2D eigenvalue weighted by molar-refractivity contribution is 0.245. The lowest BCUT2D eigenvalue weighted by atomic mass is 10.2. The Morgan fingerprint density at radius 2 is 2.38 bits per heavy atom. The summed E-state index contributed by atoms with van der Waals surface area (Å²) in [4.78, 5) is 0. The fraction of sp³-hybridized carbons (Fsp3) is 0.455. The van der Waals surface area contributed by atoms with Crippen molar-refractivity contribution in [1.82, 2.24) is 4.57 Å². The fourth-order valence-electron chi connectivity index (χ4n) is 1.21. The minimum atomic E-state index is -0.366. The third-order valence-corrected chi connectivity index (χ3v) is 1.82. The van der Waals surface area contributed by atoms with Crippen LogP contribution in [0.2, 0.25) is 0 Å². The van der Waals surface area contributed by atoms with Crippen molar-refractivity contribution in [1.29, 1.82) is 0 Å². The zero-order chi connectivity index (χ0) is 9.68. The first-order valence-corrected chi connectivity index (χ1v) is 4.74. The van der Waals surface area contributed by atoms with Gasteiger partial charge in [0.05, 0.1) is 6.10 Å². The third-order valence-electron chi connectivity index (χ3n) is 1.82. The van der Waals surface area contributed by atoms with Gasteiger partial charge in [0.1, 0.15) is 0 Å². The first-order valence-electron chi connectivity index (χ1n) is 4.74. The summed E-state index contributed by atoms with van der Waals surface area (Å²) in [5.74, 6) is 0. The Hall–Kier alpha value is -1.02. The van der Waals surface area contributed by atoms with Crippen LogP contribution in [-0.2, 0) is 6.54 Å². The van der Waals surface area contributed by atoms with Crippen molar-refractivity contribution < 1.29 is 5.11 Å². The monoisotopic (exact) mass is 179 g/mol. The van der Waals surface area contributed by atoms with Gasteiger partial charge in [0.15, 0.2) is 0 Å². The highest BCUT2D eigenvalue weighted by Crippen LogP contribution is 2.05. The van der Waals surface area contributed by atoms with Crippen LogP contribution in [0.5, 0.6) is 0 Å². The molecule has 1 heterocycles. The summed E-state index contributed by atoms with van der Waals surface area (Å²) in [6.07, 6.45) is 8.65. The van der Waals surface area contributed by atoms with E-state index in [2.05, 4.69) is 30.0 Å². The standard InChI is InChI=1S/C11H17NO/c1-3-7-12-8-6-11(9-12)5-4-10(2)13/h4-6,8-10,13H,3,7H2,1-2H3/b5-4+. The van der Waals surface area contributed by atoms with E-state index in [1.165, 1.54) is 0 Å². The minimum Gasteiger partial charge on any atom is -0.389 e. The molecule has 1 aromatic heterocycles. The van der Waals surface area contributed by atoms with E-state index in [0.29, 0.717) is 0 Å². The molecule has 0 saturated heterocycles. The van der Waals surface area contributed by atoms with E-state index in [9.17, 15) is 0 Å². The van der Waals surface area contributed by atoms with Crippen molar-refractivity contribution in [3.8, 4) is 0 Å². The summed E-state index contributed by atoms with van der Waals surface area (Å²) in [5.41, 5.74) is 1.15. The molecule has 1 unspecified atom stereocenters. The molecule has 2 heteroatoms. The number of aryl methyl sites for hydroxylation is 1. The van der Waals surface area contributed by atoms with Gasteiger partial charge in [-0.05, 0) is 25.0 Å². The van der Waals surface area contributed by atoms with Crippen LogP contribution in [0.25, 0.3) is 6.08 Å². The number of nitrogens with zero attached hydrogens (tertiary/aromatic N) is 1. The van der Waals surface area contributed by atoms with E-state index in [-0.39, 0.29) is 6.10 Å². The average molecular weight is 179 g/mol. The number of rotatable bonds is 4. The van der Waals surface area contributed by atoms with Gasteiger partial charge in [-0.15, -0.1) is 0 Å². The highest BCUT2D eigenvalue weighted by Gasteiger charge is 1.92. The molecule has 0 aliphatic heterocycles. The van der Waals surface area contributed by atoms with Crippen molar-refractivity contribution in [3.63, 3.8) is 0 Å². The van der Waals surface area contributed by atoms with Crippen LogP contribution in [0.1, 0.15) is 25.8 Å². The van der Waals surface area contributed by atoms with E-state index in [1.54, 1.807) is 13.0 Å². The Kier molecular flexibility index (Phi) is 3.77. The van der Waals surface area contributed by atoms with Crippen LogP contribution in [0.15, 0.2) is 24.5 Å². The molecule has 0 fully saturated rings. The third kappa shape index (κ3) is 3.47. The predicted octanol–water partition coefficient (Wildman–Crippen LogP) is 2.29. The summed E-state index contributed by atoms with van der Waals surface area (Å²) < 4.78 is 2.15. The van der Waals surface area contributed by atoms with E-state index in [1.807, 2.05) is 6.08 Å². The first kappa shape index (κ1) is 10.1. The highest BCUT2D eigenvalue weighted by molar-refractivity contribution is 5.48. The number of aliphatic hydroxyl groups excluding tert-OH is 1. The quantitative estimate of drug-likeness (QED) is 0.753. The van der Waals surface area contributed by atoms with Crippen LogP contribution in [0, 0.1) is 0 Å². The SMILES string of the molecule is CCCn1ccc(/C=C/C(C)O)c1. The maximum Gasteiger partial charge on any atom is 0.0696 e. The highest BCUT2D eigenvalue weighted by atomic mass is 16.3. The Morgan fingerprint density at radius 3 is 3.00 bits per heavy atom. The molecule has 1 N–H and O–H groups in total. The molecule has 0 aromatic carbocycles. The molecular formula is C11H17NO. The molecule has 0 aliphatic rings. The summed E-state index contributed by atoms with van der Waals surface area (Å²) >= 11 is 0. The molecule has 0 radical (unpaired) electrons. The van der Waals surface area contributed by atoms with E-state index in [0.717, 1.165) is 18.5 Å². The van der Waals surface area contributed by atoms with E-state index in [4.69, 9.17) is 5.11 Å². The Bertz CT molecular complexity index is 273. The van der Waals surface area contributed by atoms with Gasteiger partial charge in [-0.2, -0.15) is 0 Å². The molecular weight excluding hydrogens is 162 g/mol. The predicted molar refractivity (Wildman–Crippen MR) is 55.4 cm³/mol. The fourth-order valence-corrected chi connectivity index (χ4v) is 1.21. The van der Waals surface area contributed by atoms with Crippen LogP contribution >= 0.6 is 0 Å². The Labute approximate surface area is 79.5 Å². The lowest BCUT2D eigenvalue weighted by Crippen LogP contribution is -1.92. The van der Waals surface area contributed by atoms with Crippen molar-refractivity contribution >= 4 is 6.08 Å². The summed E-state index contributed by atoms with van der Waals surface area (Å²) in [6, 6.07) is 2.05. The van der Waals surface area contributed by atoms with Crippen molar-refractivity contribution in [2.45, 2.75) is 32.9 Å². The summed E-state index contributed by atoms with van der Waals surface area (Å²) in [6.45, 7) is 4.97. The maximum atomic E-state index is 9.03. The molecule has 72 valence electrons. The second-order valence-corrected chi connectivity index (χ2v) is 3.28. The van der Waals surface area contributed by atoms with Gasteiger partial charge >= 0.3 is 0 Å². The van der Waals surface area contributed by atoms with Gasteiger partial charge in [0, 0.05) is 18.9 Å². The van der Waals surface area contributed by atoms with Gasteiger partial charge in [-0.1, -0.05) is 19.1 Å². The summed E-state index contributed by atoms with van der Waals surface area (Å²) in [5, 5.41) is 9.03. The van der Waals surface area contributed by atoms with Gasteiger partial charge in [-0.3, -0.25) is 0 Å². The number of aromatic nitrogens is 1. The molecule has 0 amide bonds. The second-order valence-electron chi connectivity index (χ2n) is 3.28. The Balaban J connectivity index is 2.58. The van der Waals surface area contributed by atoms with Crippen molar-refractivity contribution in [2.24, 2.45) is 0 Å². The molecule has 13 heavy (non-hydrogen) atoms. The molecule has 1 rings (SSSR count). The molecule has 1 aromatic rings. The van der Waals surface area contributed by atoms with Gasteiger partial charge in [0.25, 0.3) is 0 Å². The first-order chi connectivity index (χ1) is 6.22. The van der Waals surface area contributed by atoms with Gasteiger partial charge in [0.2, 0.25) is 0 Å². The normalized spacial score (nSPS) is 13.8. The molecule has 1 atom stereocenters. The second kappa shape index (κ2) is 4.87. The van der Waals surface area contributed by atoms with Crippen LogP contribution in [0.4, 0.5) is 0 Å². The zero-order valence-corrected chi connectivity index (χ0v) is 8.27. The van der Waals surface area contributed by atoms with Crippen LogP contribution in [0.3, 0.4) is 0 Å². The van der Waals surface area contributed by atoms with E-state index >= 15 is 0 Å². The molecule has 0 aliphatic carbocycles. The van der Waals surface area contributed by atoms with Gasteiger partial charge in [-0.25, -0.2) is 0 Å². The summed E-state index contributed by atoms with van der Waals surface area (Å²) in [7, 11) is 0. The van der Waals surface area contributed by atoms with Crippen molar-refractivity contribution in [3.05, 3.63) is 30.1 Å². The maximum absolute atomic E-state index is 9.03. The number of aliphatic hydroxyl groups is 1. The molecule has 0 bridgehead atoms. The largest absolute Gasteiger partial charge is 0.389 e. The van der Waals surface area contributed by atoms with Gasteiger partial charge < -0.3 is 9.67 Å². The lowest BCUT2D eigenvalue weighted by Gasteiger charge is -1.96.